The highest BCUT2D eigenvalue weighted by Gasteiger charge is 2.20. The van der Waals surface area contributed by atoms with Gasteiger partial charge in [0, 0.05) is 37.0 Å². The summed E-state index contributed by atoms with van der Waals surface area (Å²) in [7, 11) is 1.38. The molecule has 0 saturated carbocycles. The molecule has 33 heavy (non-hydrogen) atoms. The highest BCUT2D eigenvalue weighted by Crippen LogP contribution is 2.35. The molecule has 1 saturated heterocycles. The smallest absolute Gasteiger partial charge is 0.244 e. The van der Waals surface area contributed by atoms with Gasteiger partial charge in [-0.05, 0) is 36.7 Å². The van der Waals surface area contributed by atoms with E-state index < -0.39 is 11.6 Å². The van der Waals surface area contributed by atoms with E-state index in [-0.39, 0.29) is 23.9 Å². The normalized spacial score (nSPS) is 13.9. The van der Waals surface area contributed by atoms with E-state index in [1.165, 1.54) is 36.1 Å². The summed E-state index contributed by atoms with van der Waals surface area (Å²) in [5, 5.41) is 7.80. The third kappa shape index (κ3) is 4.86. The van der Waals surface area contributed by atoms with Crippen molar-refractivity contribution in [3.8, 4) is 28.1 Å². The van der Waals surface area contributed by atoms with Crippen molar-refractivity contribution in [1.29, 1.82) is 0 Å². The van der Waals surface area contributed by atoms with Crippen LogP contribution in [0.2, 0.25) is 0 Å². The van der Waals surface area contributed by atoms with Crippen LogP contribution in [0, 0.1) is 18.2 Å². The number of hydrogen-bond donors (Lipinski definition) is 1. The Hall–Kier alpha value is -3.77. The van der Waals surface area contributed by atoms with Crippen LogP contribution in [0.3, 0.4) is 0 Å². The lowest BCUT2D eigenvalue weighted by atomic mass is 10.0. The largest absolute Gasteiger partial charge is 0.494 e. The van der Waals surface area contributed by atoms with Crippen molar-refractivity contribution in [2.24, 2.45) is 0 Å². The second-order valence-corrected chi connectivity index (χ2v) is 7.70. The topological polar surface area (TPSA) is 63.8 Å². The number of nitrogens with zero attached hydrogens (tertiary/aromatic N) is 4. The van der Waals surface area contributed by atoms with Gasteiger partial charge >= 0.3 is 0 Å². The average Bonchev–Trinajstić information content (AvgIpc) is 3.03. The molecule has 2 heterocycles. The van der Waals surface area contributed by atoms with Crippen LogP contribution in [0.1, 0.15) is 6.42 Å². The predicted octanol–water partition coefficient (Wildman–Crippen LogP) is 3.88. The molecule has 4 rings (SSSR count). The Morgan fingerprint density at radius 2 is 1.94 bits per heavy atom. The summed E-state index contributed by atoms with van der Waals surface area (Å²) in [6.45, 7) is 9.96. The third-order valence-electron chi connectivity index (χ3n) is 5.56. The van der Waals surface area contributed by atoms with Crippen molar-refractivity contribution in [1.82, 2.24) is 20.0 Å². The van der Waals surface area contributed by atoms with E-state index in [0.717, 1.165) is 19.5 Å². The number of amides is 1. The Morgan fingerprint density at radius 3 is 2.67 bits per heavy atom. The van der Waals surface area contributed by atoms with Gasteiger partial charge in [-0.25, -0.2) is 13.6 Å². The molecule has 1 fully saturated rings. The number of halogens is 2. The first-order valence-corrected chi connectivity index (χ1v) is 10.6. The molecule has 170 valence electrons. The average molecular weight is 451 g/mol. The molecule has 0 atom stereocenters. The predicted molar refractivity (Wildman–Crippen MR) is 120 cm³/mol. The molecule has 0 spiro atoms. The van der Waals surface area contributed by atoms with Gasteiger partial charge in [0.25, 0.3) is 0 Å². The molecule has 3 aromatic rings. The summed E-state index contributed by atoms with van der Waals surface area (Å²) in [5.74, 6) is -1.19. The molecule has 7 nitrogen and oxygen atoms in total. The fraction of sp³-hybridized carbons (Fsp3) is 0.292. The maximum absolute atomic E-state index is 14.4. The molecule has 1 amide bonds. The number of methoxy groups -OCH3 is 1. The Morgan fingerprint density at radius 1 is 1.15 bits per heavy atom. The quantitative estimate of drug-likeness (QED) is 0.598. The SMILES string of the molecule is [C-]#[N+]c1ccc(-c2nn(CC(=O)N3CCCNCC3)cc2-c2ccc(OC)c(F)c2)cc1F. The fourth-order valence-electron chi connectivity index (χ4n) is 3.84. The second-order valence-electron chi connectivity index (χ2n) is 7.70. The van der Waals surface area contributed by atoms with Crippen molar-refractivity contribution in [3.63, 3.8) is 0 Å². The fourth-order valence-corrected chi connectivity index (χ4v) is 3.84. The maximum Gasteiger partial charge on any atom is 0.244 e. The zero-order chi connectivity index (χ0) is 23.4. The van der Waals surface area contributed by atoms with E-state index in [0.29, 0.717) is 35.5 Å². The highest BCUT2D eigenvalue weighted by atomic mass is 19.1. The summed E-state index contributed by atoms with van der Waals surface area (Å²) >= 11 is 0. The van der Waals surface area contributed by atoms with E-state index in [1.54, 1.807) is 23.2 Å². The zero-order valence-electron chi connectivity index (χ0n) is 18.1. The van der Waals surface area contributed by atoms with Gasteiger partial charge < -0.3 is 15.0 Å². The first-order chi connectivity index (χ1) is 16.0. The van der Waals surface area contributed by atoms with Crippen molar-refractivity contribution in [2.45, 2.75) is 13.0 Å². The van der Waals surface area contributed by atoms with Crippen molar-refractivity contribution >= 4 is 11.6 Å². The summed E-state index contributed by atoms with van der Waals surface area (Å²) in [6, 6.07) is 8.70. The Balaban J connectivity index is 1.73. The summed E-state index contributed by atoms with van der Waals surface area (Å²) < 4.78 is 35.3. The molecular formula is C24H23F2N5O2. The van der Waals surface area contributed by atoms with Crippen LogP contribution in [-0.4, -0.2) is 53.9 Å². The van der Waals surface area contributed by atoms with Gasteiger partial charge in [0.2, 0.25) is 11.6 Å². The van der Waals surface area contributed by atoms with Crippen LogP contribution in [0.25, 0.3) is 27.2 Å². The molecule has 1 aliphatic rings. The van der Waals surface area contributed by atoms with Crippen LogP contribution >= 0.6 is 0 Å². The van der Waals surface area contributed by atoms with Crippen LogP contribution in [0.5, 0.6) is 5.75 Å². The number of carbonyl (C=O) groups excluding carboxylic acids is 1. The molecular weight excluding hydrogens is 428 g/mol. The maximum atomic E-state index is 14.4. The molecule has 0 bridgehead atoms. The Bertz CT molecular complexity index is 1210. The number of benzene rings is 2. The van der Waals surface area contributed by atoms with E-state index in [4.69, 9.17) is 11.3 Å². The standard InChI is InChI=1S/C24H23F2N5O2/c1-27-21-6-4-17(13-19(21)25)24-18(16-5-7-22(33-2)20(26)12-16)14-31(29-24)15-23(32)30-10-3-8-28-9-11-30/h4-7,12-14,28H,3,8-11,15H2,2H3. The Labute approximate surface area is 190 Å². The van der Waals surface area contributed by atoms with E-state index >= 15 is 0 Å². The first kappa shape index (κ1) is 22.4. The van der Waals surface area contributed by atoms with E-state index in [2.05, 4.69) is 15.3 Å². The van der Waals surface area contributed by atoms with Crippen molar-refractivity contribution in [2.75, 3.05) is 33.3 Å². The number of aromatic nitrogens is 2. The van der Waals surface area contributed by atoms with Gasteiger partial charge in [0.15, 0.2) is 11.6 Å². The third-order valence-corrected chi connectivity index (χ3v) is 5.56. The molecule has 0 aliphatic carbocycles. The Kier molecular flexibility index (Phi) is 6.66. The minimum atomic E-state index is -0.669. The summed E-state index contributed by atoms with van der Waals surface area (Å²) in [5.41, 5.74) is 1.77. The lowest BCUT2D eigenvalue weighted by Crippen LogP contribution is -2.36. The first-order valence-electron chi connectivity index (χ1n) is 10.6. The number of rotatable bonds is 5. The van der Waals surface area contributed by atoms with Gasteiger partial charge in [-0.1, -0.05) is 18.2 Å². The molecule has 2 aromatic carbocycles. The van der Waals surface area contributed by atoms with E-state index in [9.17, 15) is 13.6 Å². The van der Waals surface area contributed by atoms with Gasteiger partial charge in [0.1, 0.15) is 18.1 Å². The highest BCUT2D eigenvalue weighted by molar-refractivity contribution is 5.82. The summed E-state index contributed by atoms with van der Waals surface area (Å²) in [6.07, 6.45) is 2.53. The summed E-state index contributed by atoms with van der Waals surface area (Å²) in [4.78, 5) is 17.8. The van der Waals surface area contributed by atoms with Gasteiger partial charge in [-0.15, -0.1) is 0 Å². The van der Waals surface area contributed by atoms with Crippen LogP contribution < -0.4 is 10.1 Å². The molecule has 1 N–H and O–H groups in total. The van der Waals surface area contributed by atoms with Crippen molar-refractivity contribution in [3.05, 3.63) is 65.6 Å². The minimum Gasteiger partial charge on any atom is -0.494 e. The van der Waals surface area contributed by atoms with Gasteiger partial charge in [-0.3, -0.25) is 9.48 Å². The molecule has 9 heteroatoms. The number of ether oxygens (including phenoxy) is 1. The minimum absolute atomic E-state index is 0.00819. The van der Waals surface area contributed by atoms with Crippen molar-refractivity contribution < 1.29 is 18.3 Å². The zero-order valence-corrected chi connectivity index (χ0v) is 18.1. The molecule has 0 unspecified atom stereocenters. The number of nitrogens with one attached hydrogen (secondary N) is 1. The second kappa shape index (κ2) is 9.79. The van der Waals surface area contributed by atoms with E-state index in [1.807, 2.05) is 0 Å². The molecule has 1 aliphatic heterocycles. The van der Waals surface area contributed by atoms with Gasteiger partial charge in [-0.2, -0.15) is 5.10 Å². The van der Waals surface area contributed by atoms with Gasteiger partial charge in [0.05, 0.1) is 13.7 Å². The number of carbonyl (C=O) groups is 1. The monoisotopic (exact) mass is 451 g/mol. The van der Waals surface area contributed by atoms with Crippen LogP contribution in [0.4, 0.5) is 14.5 Å². The molecule has 0 radical (unpaired) electrons. The lowest BCUT2D eigenvalue weighted by Gasteiger charge is -2.19. The molecule has 1 aromatic heterocycles. The number of hydrogen-bond acceptors (Lipinski definition) is 4. The van der Waals surface area contributed by atoms with Crippen LogP contribution in [0.15, 0.2) is 42.6 Å². The lowest BCUT2D eigenvalue weighted by molar-refractivity contribution is -0.131. The van der Waals surface area contributed by atoms with Crippen LogP contribution in [-0.2, 0) is 11.3 Å².